The predicted octanol–water partition coefficient (Wildman–Crippen LogP) is 2.83. The Bertz CT molecular complexity index is 420. The van der Waals surface area contributed by atoms with E-state index in [1.165, 1.54) is 32.8 Å². The molecule has 5 nitrogen and oxygen atoms in total. The maximum Gasteiger partial charge on any atom is 0.328 e. The summed E-state index contributed by atoms with van der Waals surface area (Å²) in [5.74, 6) is 0.211. The molecule has 1 N–H and O–H groups in total. The van der Waals surface area contributed by atoms with E-state index in [0.29, 0.717) is 5.92 Å². The fourth-order valence-electron chi connectivity index (χ4n) is 4.59. The number of urea groups is 1. The molecule has 2 aliphatic carbocycles. The van der Waals surface area contributed by atoms with Crippen LogP contribution in [-0.2, 0) is 9.53 Å². The van der Waals surface area contributed by atoms with Gasteiger partial charge in [-0.2, -0.15) is 0 Å². The summed E-state index contributed by atoms with van der Waals surface area (Å²) < 4.78 is 4.95. The second-order valence-corrected chi connectivity index (χ2v) is 7.08. The van der Waals surface area contributed by atoms with Crippen molar-refractivity contribution in [2.75, 3.05) is 7.11 Å². The number of methoxy groups -OCH3 is 1. The highest BCUT2D eigenvalue weighted by molar-refractivity contribution is 5.85. The van der Waals surface area contributed by atoms with Crippen LogP contribution in [0.3, 0.4) is 0 Å². The maximum absolute atomic E-state index is 12.8. The van der Waals surface area contributed by atoms with Crippen LogP contribution in [0.2, 0.25) is 0 Å². The quantitative estimate of drug-likeness (QED) is 0.798. The lowest BCUT2D eigenvalue weighted by Crippen LogP contribution is -2.53. The van der Waals surface area contributed by atoms with E-state index in [-0.39, 0.29) is 30.1 Å². The monoisotopic (exact) mass is 308 g/mol. The zero-order chi connectivity index (χ0) is 15.5. The zero-order valence-electron chi connectivity index (χ0n) is 13.6. The molecule has 22 heavy (non-hydrogen) atoms. The minimum atomic E-state index is -0.387. The first-order valence-corrected chi connectivity index (χ1v) is 8.87. The summed E-state index contributed by atoms with van der Waals surface area (Å²) in [7, 11) is 1.42. The molecule has 124 valence electrons. The van der Waals surface area contributed by atoms with Crippen LogP contribution in [0.1, 0.15) is 64.2 Å². The highest BCUT2D eigenvalue weighted by atomic mass is 16.5. The van der Waals surface area contributed by atoms with Crippen LogP contribution >= 0.6 is 0 Å². The van der Waals surface area contributed by atoms with Crippen LogP contribution in [0.25, 0.3) is 0 Å². The first-order chi connectivity index (χ1) is 10.7. The molecule has 0 aromatic carbocycles. The Morgan fingerprint density at radius 2 is 1.68 bits per heavy atom. The molecule has 0 spiro atoms. The lowest BCUT2D eigenvalue weighted by atomic mass is 9.85. The summed E-state index contributed by atoms with van der Waals surface area (Å²) in [5, 5.41) is 3.18. The lowest BCUT2D eigenvalue weighted by Gasteiger charge is -2.35. The average molecular weight is 308 g/mol. The molecule has 0 bridgehead atoms. The van der Waals surface area contributed by atoms with Gasteiger partial charge in [-0.1, -0.05) is 32.1 Å². The average Bonchev–Trinajstić information content (AvgIpc) is 2.94. The van der Waals surface area contributed by atoms with Gasteiger partial charge < -0.3 is 15.0 Å². The van der Waals surface area contributed by atoms with Crippen molar-refractivity contribution in [3.63, 3.8) is 0 Å². The summed E-state index contributed by atoms with van der Waals surface area (Å²) in [5.41, 5.74) is 0. The number of hydrogen-bond donors (Lipinski definition) is 1. The smallest absolute Gasteiger partial charge is 0.328 e. The second kappa shape index (κ2) is 6.88. The third-order valence-corrected chi connectivity index (χ3v) is 5.73. The van der Waals surface area contributed by atoms with Gasteiger partial charge in [0.15, 0.2) is 0 Å². The van der Waals surface area contributed by atoms with Crippen LogP contribution in [0.4, 0.5) is 4.79 Å². The molecular formula is C17H28N2O3. The molecule has 1 aliphatic heterocycles. The number of ether oxygens (including phenoxy) is 1. The number of likely N-dealkylation sites (tertiary alicyclic amines) is 1. The van der Waals surface area contributed by atoms with Crippen molar-refractivity contribution in [1.82, 2.24) is 10.2 Å². The number of nitrogens with one attached hydrogen (secondary N) is 1. The summed E-state index contributed by atoms with van der Waals surface area (Å²) in [6.45, 7) is 0. The van der Waals surface area contributed by atoms with E-state index in [9.17, 15) is 9.59 Å². The van der Waals surface area contributed by atoms with Gasteiger partial charge in [-0.3, -0.25) is 0 Å². The van der Waals surface area contributed by atoms with E-state index in [1.807, 2.05) is 4.90 Å². The van der Waals surface area contributed by atoms with Gasteiger partial charge in [0.1, 0.15) is 6.04 Å². The van der Waals surface area contributed by atoms with Gasteiger partial charge in [-0.05, 0) is 38.0 Å². The fraction of sp³-hybridized carbons (Fsp3) is 0.882. The lowest BCUT2D eigenvalue weighted by molar-refractivity contribution is -0.145. The van der Waals surface area contributed by atoms with Gasteiger partial charge in [0.05, 0.1) is 7.11 Å². The number of nitrogens with zero attached hydrogens (tertiary/aromatic N) is 1. The van der Waals surface area contributed by atoms with Crippen molar-refractivity contribution in [1.29, 1.82) is 0 Å². The largest absolute Gasteiger partial charge is 0.467 e. The van der Waals surface area contributed by atoms with Gasteiger partial charge in [0.2, 0.25) is 0 Å². The van der Waals surface area contributed by atoms with Crippen molar-refractivity contribution in [2.45, 2.75) is 82.3 Å². The zero-order valence-corrected chi connectivity index (χ0v) is 13.6. The topological polar surface area (TPSA) is 58.6 Å². The molecule has 0 radical (unpaired) electrons. The van der Waals surface area contributed by atoms with Gasteiger partial charge in [0, 0.05) is 12.1 Å². The Balaban J connectivity index is 1.71. The van der Waals surface area contributed by atoms with Crippen molar-refractivity contribution < 1.29 is 14.3 Å². The van der Waals surface area contributed by atoms with Crippen LogP contribution < -0.4 is 5.32 Å². The molecule has 0 aromatic heterocycles. The molecule has 3 rings (SSSR count). The predicted molar refractivity (Wildman–Crippen MR) is 83.4 cm³/mol. The van der Waals surface area contributed by atoms with Crippen LogP contribution in [0.5, 0.6) is 0 Å². The number of rotatable bonds is 2. The molecule has 3 fully saturated rings. The molecule has 1 saturated heterocycles. The second-order valence-electron chi connectivity index (χ2n) is 7.08. The van der Waals surface area contributed by atoms with Gasteiger partial charge in [0.25, 0.3) is 0 Å². The SMILES string of the molecule is COC(=O)[C@@H]1C[C@@H]2CCCC[C@@H]2N1C(=O)NC1CCCCC1. The number of esters is 1. The van der Waals surface area contributed by atoms with Crippen molar-refractivity contribution >= 4 is 12.0 Å². The number of carbonyl (C=O) groups is 2. The van der Waals surface area contributed by atoms with Gasteiger partial charge >= 0.3 is 12.0 Å². The Morgan fingerprint density at radius 3 is 2.41 bits per heavy atom. The Labute approximate surface area is 132 Å². The van der Waals surface area contributed by atoms with E-state index in [0.717, 1.165) is 38.5 Å². The molecule has 1 heterocycles. The first-order valence-electron chi connectivity index (χ1n) is 8.87. The molecule has 2 amide bonds. The minimum absolute atomic E-state index is 0.0447. The van der Waals surface area contributed by atoms with Crippen molar-refractivity contribution in [3.05, 3.63) is 0 Å². The van der Waals surface area contributed by atoms with E-state index in [1.54, 1.807) is 0 Å². The van der Waals surface area contributed by atoms with Crippen molar-refractivity contribution in [3.8, 4) is 0 Å². The highest BCUT2D eigenvalue weighted by Crippen LogP contribution is 2.40. The highest BCUT2D eigenvalue weighted by Gasteiger charge is 2.48. The molecule has 5 heteroatoms. The van der Waals surface area contributed by atoms with Crippen LogP contribution in [-0.4, -0.2) is 42.1 Å². The molecule has 0 aromatic rings. The van der Waals surface area contributed by atoms with E-state index in [4.69, 9.17) is 4.74 Å². The Hall–Kier alpha value is -1.26. The Kier molecular flexibility index (Phi) is 4.89. The summed E-state index contributed by atoms with van der Waals surface area (Å²) in [6.07, 6.45) is 11.1. The van der Waals surface area contributed by atoms with Gasteiger partial charge in [-0.15, -0.1) is 0 Å². The molecule has 3 atom stereocenters. The normalized spacial score (nSPS) is 32.4. The van der Waals surface area contributed by atoms with Crippen LogP contribution in [0.15, 0.2) is 0 Å². The number of hydrogen-bond acceptors (Lipinski definition) is 3. The summed E-state index contributed by atoms with van der Waals surface area (Å²) in [4.78, 5) is 26.8. The Morgan fingerprint density at radius 1 is 1.00 bits per heavy atom. The van der Waals surface area contributed by atoms with Crippen molar-refractivity contribution in [2.24, 2.45) is 5.92 Å². The summed E-state index contributed by atoms with van der Waals surface area (Å²) >= 11 is 0. The maximum atomic E-state index is 12.8. The fourth-order valence-corrected chi connectivity index (χ4v) is 4.59. The van der Waals surface area contributed by atoms with Gasteiger partial charge in [-0.25, -0.2) is 9.59 Å². The van der Waals surface area contributed by atoms with E-state index >= 15 is 0 Å². The van der Waals surface area contributed by atoms with E-state index < -0.39 is 0 Å². The first kappa shape index (κ1) is 15.6. The van der Waals surface area contributed by atoms with E-state index in [2.05, 4.69) is 5.32 Å². The number of amides is 2. The third kappa shape index (κ3) is 3.08. The number of carbonyl (C=O) groups excluding carboxylic acids is 2. The summed E-state index contributed by atoms with van der Waals surface area (Å²) in [6, 6.07) is 0.0713. The molecule has 3 aliphatic rings. The third-order valence-electron chi connectivity index (χ3n) is 5.73. The molecule has 2 saturated carbocycles. The minimum Gasteiger partial charge on any atom is -0.467 e. The number of fused-ring (bicyclic) bond motifs is 1. The molecule has 0 unspecified atom stereocenters. The van der Waals surface area contributed by atoms with Crippen LogP contribution in [0, 0.1) is 5.92 Å². The standard InChI is InChI=1S/C17H28N2O3/c1-22-16(20)15-11-12-7-5-6-10-14(12)19(15)17(21)18-13-8-3-2-4-9-13/h12-15H,2-11H2,1H3,(H,18,21)/t12-,14-,15-/m0/s1. The molecular weight excluding hydrogens is 280 g/mol.